The van der Waals surface area contributed by atoms with Crippen molar-refractivity contribution in [2.24, 2.45) is 0 Å². The maximum absolute atomic E-state index is 12.2. The first-order valence-corrected chi connectivity index (χ1v) is 7.66. The van der Waals surface area contributed by atoms with E-state index in [0.717, 1.165) is 22.6 Å². The van der Waals surface area contributed by atoms with E-state index in [0.29, 0.717) is 6.54 Å². The standard InChI is InChI=1S/C16H24N4O3/c1-4-9-20(11-15(22)19-16(23)17-3)10-14(21)18-13-8-6-5-7-12(13)2/h5-8H,4,9-11H2,1-3H3,(H,18,21)(H2,17,19,22,23)/p+1. The van der Waals surface area contributed by atoms with E-state index in [9.17, 15) is 14.4 Å². The molecule has 1 rings (SSSR count). The summed E-state index contributed by atoms with van der Waals surface area (Å²) in [6, 6.07) is 6.97. The Bertz CT molecular complexity index is 560. The van der Waals surface area contributed by atoms with Crippen LogP contribution in [0.4, 0.5) is 10.5 Å². The Hall–Kier alpha value is -2.41. The molecule has 0 radical (unpaired) electrons. The van der Waals surface area contributed by atoms with E-state index in [1.807, 2.05) is 38.1 Å². The monoisotopic (exact) mass is 321 g/mol. The Labute approximate surface area is 136 Å². The fraction of sp³-hybridized carbons (Fsp3) is 0.438. The van der Waals surface area contributed by atoms with E-state index in [1.54, 1.807) is 0 Å². The van der Waals surface area contributed by atoms with Gasteiger partial charge in [0.05, 0.1) is 6.54 Å². The second-order valence-corrected chi connectivity index (χ2v) is 5.34. The van der Waals surface area contributed by atoms with Gasteiger partial charge < -0.3 is 15.5 Å². The second-order valence-electron chi connectivity index (χ2n) is 5.34. The summed E-state index contributed by atoms with van der Waals surface area (Å²) in [5, 5.41) is 7.38. The third-order valence-electron chi connectivity index (χ3n) is 3.32. The molecule has 0 fully saturated rings. The number of hydrogen-bond acceptors (Lipinski definition) is 3. The zero-order valence-electron chi connectivity index (χ0n) is 13.9. The van der Waals surface area contributed by atoms with E-state index in [4.69, 9.17) is 0 Å². The van der Waals surface area contributed by atoms with Gasteiger partial charge in [0.1, 0.15) is 0 Å². The van der Waals surface area contributed by atoms with Crippen molar-refractivity contribution in [3.05, 3.63) is 29.8 Å². The van der Waals surface area contributed by atoms with Gasteiger partial charge in [-0.15, -0.1) is 0 Å². The van der Waals surface area contributed by atoms with Crippen molar-refractivity contribution in [1.29, 1.82) is 0 Å². The fourth-order valence-electron chi connectivity index (χ4n) is 2.19. The van der Waals surface area contributed by atoms with Crippen LogP contribution in [0, 0.1) is 6.92 Å². The topological polar surface area (TPSA) is 91.7 Å². The van der Waals surface area contributed by atoms with Crippen molar-refractivity contribution in [3.8, 4) is 0 Å². The molecule has 0 aliphatic rings. The minimum Gasteiger partial charge on any atom is -0.341 e. The number of quaternary nitrogens is 1. The maximum Gasteiger partial charge on any atom is 0.321 e. The summed E-state index contributed by atoms with van der Waals surface area (Å²) in [4.78, 5) is 35.9. The zero-order valence-corrected chi connectivity index (χ0v) is 13.9. The molecule has 126 valence electrons. The van der Waals surface area contributed by atoms with Gasteiger partial charge in [0.2, 0.25) is 0 Å². The molecule has 0 aliphatic carbocycles. The smallest absolute Gasteiger partial charge is 0.321 e. The van der Waals surface area contributed by atoms with Crippen molar-refractivity contribution < 1.29 is 19.3 Å². The van der Waals surface area contributed by atoms with Gasteiger partial charge in [-0.25, -0.2) is 4.79 Å². The summed E-state index contributed by atoms with van der Waals surface area (Å²) in [7, 11) is 1.44. The summed E-state index contributed by atoms with van der Waals surface area (Å²) < 4.78 is 0. The number of anilines is 1. The van der Waals surface area contributed by atoms with Gasteiger partial charge >= 0.3 is 6.03 Å². The maximum atomic E-state index is 12.2. The Morgan fingerprint density at radius 3 is 2.35 bits per heavy atom. The molecule has 0 saturated heterocycles. The third-order valence-corrected chi connectivity index (χ3v) is 3.32. The Balaban J connectivity index is 2.57. The summed E-state index contributed by atoms with van der Waals surface area (Å²) in [6.45, 7) is 4.81. The van der Waals surface area contributed by atoms with Crippen molar-refractivity contribution >= 4 is 23.5 Å². The van der Waals surface area contributed by atoms with Gasteiger partial charge in [0.25, 0.3) is 11.8 Å². The molecular formula is C16H25N4O3+. The van der Waals surface area contributed by atoms with Crippen molar-refractivity contribution in [1.82, 2.24) is 10.6 Å². The van der Waals surface area contributed by atoms with E-state index < -0.39 is 11.9 Å². The van der Waals surface area contributed by atoms with Crippen molar-refractivity contribution in [2.45, 2.75) is 20.3 Å². The number of nitrogens with one attached hydrogen (secondary N) is 4. The normalized spacial score (nSPS) is 11.4. The number of carbonyl (C=O) groups excluding carboxylic acids is 3. The third kappa shape index (κ3) is 6.92. The Morgan fingerprint density at radius 1 is 1.09 bits per heavy atom. The highest BCUT2D eigenvalue weighted by molar-refractivity contribution is 5.95. The van der Waals surface area contributed by atoms with Crippen LogP contribution in [-0.4, -0.2) is 44.5 Å². The highest BCUT2D eigenvalue weighted by Crippen LogP contribution is 2.12. The molecule has 0 heterocycles. The molecule has 0 spiro atoms. The summed E-state index contributed by atoms with van der Waals surface area (Å²) >= 11 is 0. The van der Waals surface area contributed by atoms with Crippen LogP contribution < -0.4 is 20.9 Å². The first-order chi connectivity index (χ1) is 11.0. The first-order valence-electron chi connectivity index (χ1n) is 7.66. The predicted molar refractivity (Wildman–Crippen MR) is 88.3 cm³/mol. The number of aryl methyl sites for hydroxylation is 1. The molecule has 4 N–H and O–H groups in total. The number of benzene rings is 1. The molecule has 0 saturated carbocycles. The average molecular weight is 321 g/mol. The summed E-state index contributed by atoms with van der Waals surface area (Å²) in [6.07, 6.45) is 0.834. The highest BCUT2D eigenvalue weighted by Gasteiger charge is 2.19. The number of amides is 4. The van der Waals surface area contributed by atoms with Crippen LogP contribution >= 0.6 is 0 Å². The van der Waals surface area contributed by atoms with Crippen LogP contribution in [0.25, 0.3) is 0 Å². The van der Waals surface area contributed by atoms with Gasteiger partial charge in [-0.2, -0.15) is 0 Å². The predicted octanol–water partition coefficient (Wildman–Crippen LogP) is -0.316. The van der Waals surface area contributed by atoms with Gasteiger partial charge in [0.15, 0.2) is 13.1 Å². The highest BCUT2D eigenvalue weighted by atomic mass is 16.2. The summed E-state index contributed by atoms with van der Waals surface area (Å²) in [5.41, 5.74) is 1.75. The van der Waals surface area contributed by atoms with Gasteiger partial charge in [0, 0.05) is 12.7 Å². The molecule has 0 aromatic heterocycles. The Morgan fingerprint density at radius 2 is 1.74 bits per heavy atom. The molecule has 0 bridgehead atoms. The van der Waals surface area contributed by atoms with Crippen molar-refractivity contribution in [3.63, 3.8) is 0 Å². The van der Waals surface area contributed by atoms with Crippen LogP contribution in [0.5, 0.6) is 0 Å². The molecule has 1 aromatic carbocycles. The van der Waals surface area contributed by atoms with E-state index in [2.05, 4.69) is 16.0 Å². The van der Waals surface area contributed by atoms with Crippen LogP contribution in [0.2, 0.25) is 0 Å². The molecule has 7 nitrogen and oxygen atoms in total. The van der Waals surface area contributed by atoms with Crippen LogP contribution in [-0.2, 0) is 9.59 Å². The lowest BCUT2D eigenvalue weighted by Gasteiger charge is -2.18. The Kier molecular flexibility index (Phi) is 7.76. The van der Waals surface area contributed by atoms with Crippen LogP contribution in [0.3, 0.4) is 0 Å². The first kappa shape index (κ1) is 18.6. The lowest BCUT2D eigenvalue weighted by molar-refractivity contribution is -0.883. The lowest BCUT2D eigenvalue weighted by atomic mass is 10.2. The summed E-state index contributed by atoms with van der Waals surface area (Å²) in [5.74, 6) is -0.563. The number of para-hydroxylation sites is 1. The quantitative estimate of drug-likeness (QED) is 0.555. The molecular weight excluding hydrogens is 296 g/mol. The zero-order chi connectivity index (χ0) is 17.2. The number of urea groups is 1. The van der Waals surface area contributed by atoms with Gasteiger partial charge in [-0.05, 0) is 25.0 Å². The SMILES string of the molecule is CCC[NH+](CC(=O)NC(=O)NC)CC(=O)Nc1ccccc1C. The second kappa shape index (κ2) is 9.58. The molecule has 1 atom stereocenters. The largest absolute Gasteiger partial charge is 0.341 e. The number of hydrogen-bond donors (Lipinski definition) is 4. The molecule has 7 heteroatoms. The van der Waals surface area contributed by atoms with Gasteiger partial charge in [-0.3, -0.25) is 14.9 Å². The average Bonchev–Trinajstić information content (AvgIpc) is 2.49. The van der Waals surface area contributed by atoms with Crippen molar-refractivity contribution in [2.75, 3.05) is 32.0 Å². The van der Waals surface area contributed by atoms with Crippen LogP contribution in [0.15, 0.2) is 24.3 Å². The number of rotatable bonds is 7. The molecule has 23 heavy (non-hydrogen) atoms. The van der Waals surface area contributed by atoms with Gasteiger partial charge in [-0.1, -0.05) is 25.1 Å². The minimum absolute atomic E-state index is 0.0719. The lowest BCUT2D eigenvalue weighted by Crippen LogP contribution is -3.14. The van der Waals surface area contributed by atoms with E-state index in [-0.39, 0.29) is 19.0 Å². The molecule has 1 aromatic rings. The van der Waals surface area contributed by atoms with E-state index >= 15 is 0 Å². The van der Waals surface area contributed by atoms with E-state index in [1.165, 1.54) is 7.05 Å². The molecule has 1 unspecified atom stereocenters. The fourth-order valence-corrected chi connectivity index (χ4v) is 2.19. The molecule has 4 amide bonds. The number of imide groups is 1. The van der Waals surface area contributed by atoms with Crippen LogP contribution in [0.1, 0.15) is 18.9 Å². The minimum atomic E-state index is -0.546. The molecule has 0 aliphatic heterocycles. The number of carbonyl (C=O) groups is 3.